The predicted molar refractivity (Wildman–Crippen MR) is 110 cm³/mol. The van der Waals surface area contributed by atoms with Gasteiger partial charge in [-0.1, -0.05) is 23.7 Å². The molecule has 0 saturated carbocycles. The fourth-order valence-corrected chi connectivity index (χ4v) is 3.15. The average Bonchev–Trinajstić information content (AvgIpc) is 3.28. The third-order valence-corrected chi connectivity index (χ3v) is 5.03. The minimum atomic E-state index is -4.58. The van der Waals surface area contributed by atoms with Crippen LogP contribution in [0.5, 0.6) is 0 Å². The zero-order valence-electron chi connectivity index (χ0n) is 16.8. The SMILES string of the molecule is CCC(CNc1ccc(Cl)cn1)N(C)C(=O)c1cc(C(F)(F)F)ccc1-n1ccnn1. The summed E-state index contributed by atoms with van der Waals surface area (Å²) in [6, 6.07) is 6.06. The van der Waals surface area contributed by atoms with Crippen LogP contribution in [0.25, 0.3) is 5.69 Å². The van der Waals surface area contributed by atoms with Crippen molar-refractivity contribution >= 4 is 23.3 Å². The molecule has 1 amide bonds. The molecule has 1 atom stereocenters. The van der Waals surface area contributed by atoms with Gasteiger partial charge in [0.1, 0.15) is 5.82 Å². The maximum Gasteiger partial charge on any atom is 0.416 e. The highest BCUT2D eigenvalue weighted by Crippen LogP contribution is 2.32. The molecule has 31 heavy (non-hydrogen) atoms. The average molecular weight is 453 g/mol. The topological polar surface area (TPSA) is 75.9 Å². The Labute approximate surface area is 181 Å². The summed E-state index contributed by atoms with van der Waals surface area (Å²) in [5.41, 5.74) is -0.819. The van der Waals surface area contributed by atoms with Crippen LogP contribution in [0.4, 0.5) is 19.0 Å². The Kier molecular flexibility index (Phi) is 6.79. The quantitative estimate of drug-likeness (QED) is 0.578. The second-order valence-corrected chi connectivity index (χ2v) is 7.23. The van der Waals surface area contributed by atoms with E-state index in [1.807, 2.05) is 6.92 Å². The third-order valence-electron chi connectivity index (χ3n) is 4.81. The van der Waals surface area contributed by atoms with Gasteiger partial charge in [-0.3, -0.25) is 4.79 Å². The molecule has 11 heteroatoms. The Morgan fingerprint density at radius 2 is 2.06 bits per heavy atom. The second-order valence-electron chi connectivity index (χ2n) is 6.80. The molecular weight excluding hydrogens is 433 g/mol. The number of amides is 1. The monoisotopic (exact) mass is 452 g/mol. The molecule has 164 valence electrons. The molecule has 0 aliphatic rings. The van der Waals surface area contributed by atoms with Crippen molar-refractivity contribution in [2.45, 2.75) is 25.6 Å². The smallest absolute Gasteiger partial charge is 0.368 e. The van der Waals surface area contributed by atoms with Gasteiger partial charge in [-0.25, -0.2) is 9.67 Å². The number of halogens is 4. The van der Waals surface area contributed by atoms with E-state index in [1.54, 1.807) is 19.2 Å². The van der Waals surface area contributed by atoms with Crippen LogP contribution in [-0.4, -0.2) is 50.4 Å². The van der Waals surface area contributed by atoms with Gasteiger partial charge in [0.25, 0.3) is 5.91 Å². The van der Waals surface area contributed by atoms with E-state index in [9.17, 15) is 18.0 Å². The number of rotatable bonds is 7. The number of nitrogens with one attached hydrogen (secondary N) is 1. The largest absolute Gasteiger partial charge is 0.416 e. The lowest BCUT2D eigenvalue weighted by Gasteiger charge is -2.28. The number of anilines is 1. The van der Waals surface area contributed by atoms with Crippen LogP contribution in [0.15, 0.2) is 48.9 Å². The van der Waals surface area contributed by atoms with Crippen molar-refractivity contribution in [3.05, 3.63) is 65.1 Å². The normalized spacial score (nSPS) is 12.5. The van der Waals surface area contributed by atoms with E-state index < -0.39 is 17.6 Å². The van der Waals surface area contributed by atoms with Crippen LogP contribution in [0.3, 0.4) is 0 Å². The molecule has 0 aliphatic carbocycles. The number of hydrogen-bond donors (Lipinski definition) is 1. The highest BCUT2D eigenvalue weighted by molar-refractivity contribution is 6.30. The molecule has 1 N–H and O–H groups in total. The molecule has 1 unspecified atom stereocenters. The predicted octanol–water partition coefficient (Wildman–Crippen LogP) is 4.30. The van der Waals surface area contributed by atoms with Crippen LogP contribution in [0, 0.1) is 0 Å². The van der Waals surface area contributed by atoms with Crippen LogP contribution in [0.2, 0.25) is 5.02 Å². The fourth-order valence-electron chi connectivity index (χ4n) is 3.03. The van der Waals surface area contributed by atoms with Gasteiger partial charge >= 0.3 is 6.18 Å². The van der Waals surface area contributed by atoms with Gasteiger partial charge < -0.3 is 10.2 Å². The summed E-state index contributed by atoms with van der Waals surface area (Å²) in [7, 11) is 1.55. The van der Waals surface area contributed by atoms with Gasteiger partial charge in [0.15, 0.2) is 0 Å². The molecule has 0 aliphatic heterocycles. The third kappa shape index (κ3) is 5.32. The van der Waals surface area contributed by atoms with Crippen molar-refractivity contribution in [1.29, 1.82) is 0 Å². The van der Waals surface area contributed by atoms with Crippen molar-refractivity contribution in [2.24, 2.45) is 0 Å². The van der Waals surface area contributed by atoms with Crippen LogP contribution in [0.1, 0.15) is 29.3 Å². The van der Waals surface area contributed by atoms with E-state index in [1.165, 1.54) is 34.2 Å². The summed E-state index contributed by atoms with van der Waals surface area (Å²) in [5, 5.41) is 11.1. The molecule has 0 fully saturated rings. The number of benzene rings is 1. The van der Waals surface area contributed by atoms with Crippen molar-refractivity contribution in [3.8, 4) is 5.69 Å². The number of nitrogens with zero attached hydrogens (tertiary/aromatic N) is 5. The summed E-state index contributed by atoms with van der Waals surface area (Å²) in [4.78, 5) is 18.8. The van der Waals surface area contributed by atoms with Gasteiger partial charge in [0.2, 0.25) is 0 Å². The Balaban J connectivity index is 1.87. The van der Waals surface area contributed by atoms with Crippen molar-refractivity contribution < 1.29 is 18.0 Å². The lowest BCUT2D eigenvalue weighted by atomic mass is 10.1. The second kappa shape index (κ2) is 9.34. The highest BCUT2D eigenvalue weighted by atomic mass is 35.5. The van der Waals surface area contributed by atoms with Gasteiger partial charge in [0.05, 0.1) is 34.2 Å². The lowest BCUT2D eigenvalue weighted by molar-refractivity contribution is -0.137. The Morgan fingerprint density at radius 3 is 2.65 bits per heavy atom. The molecule has 0 saturated heterocycles. The molecule has 0 spiro atoms. The number of pyridine rings is 1. The van der Waals surface area contributed by atoms with E-state index in [0.29, 0.717) is 23.8 Å². The first kappa shape index (κ1) is 22.5. The Morgan fingerprint density at radius 1 is 1.29 bits per heavy atom. The van der Waals surface area contributed by atoms with Crippen molar-refractivity contribution in [3.63, 3.8) is 0 Å². The van der Waals surface area contributed by atoms with E-state index >= 15 is 0 Å². The van der Waals surface area contributed by atoms with Gasteiger partial charge in [-0.05, 0) is 36.8 Å². The molecule has 7 nitrogen and oxygen atoms in total. The first-order chi connectivity index (χ1) is 14.7. The lowest BCUT2D eigenvalue weighted by Crippen LogP contribution is -2.41. The van der Waals surface area contributed by atoms with E-state index in [0.717, 1.165) is 12.1 Å². The molecule has 3 aromatic rings. The first-order valence-corrected chi connectivity index (χ1v) is 9.79. The minimum absolute atomic E-state index is 0.120. The van der Waals surface area contributed by atoms with Crippen LogP contribution >= 0.6 is 11.6 Å². The zero-order chi connectivity index (χ0) is 22.6. The van der Waals surface area contributed by atoms with Gasteiger partial charge in [0, 0.05) is 25.8 Å². The van der Waals surface area contributed by atoms with E-state index in [-0.39, 0.29) is 17.3 Å². The highest BCUT2D eigenvalue weighted by Gasteiger charge is 2.33. The molecule has 1 aromatic carbocycles. The number of aromatic nitrogens is 4. The molecule has 2 aromatic heterocycles. The summed E-state index contributed by atoms with van der Waals surface area (Å²) < 4.78 is 41.1. The molecular formula is C20H20ClF3N6O. The number of carbonyl (C=O) groups excluding carboxylic acids is 1. The van der Waals surface area contributed by atoms with Crippen molar-refractivity contribution in [2.75, 3.05) is 18.9 Å². The summed E-state index contributed by atoms with van der Waals surface area (Å²) >= 11 is 5.83. The van der Waals surface area contributed by atoms with Crippen LogP contribution < -0.4 is 5.32 Å². The van der Waals surface area contributed by atoms with Gasteiger partial charge in [-0.15, -0.1) is 5.10 Å². The van der Waals surface area contributed by atoms with E-state index in [2.05, 4.69) is 20.6 Å². The summed E-state index contributed by atoms with van der Waals surface area (Å²) in [5.74, 6) is 0.0142. The number of hydrogen-bond acceptors (Lipinski definition) is 5. The van der Waals surface area contributed by atoms with Gasteiger partial charge in [-0.2, -0.15) is 13.2 Å². The molecule has 3 rings (SSSR count). The van der Waals surface area contributed by atoms with Crippen LogP contribution in [-0.2, 0) is 6.18 Å². The summed E-state index contributed by atoms with van der Waals surface area (Å²) in [6.07, 6.45) is 0.325. The maximum absolute atomic E-state index is 13.3. The fraction of sp³-hybridized carbons (Fsp3) is 0.300. The maximum atomic E-state index is 13.3. The molecule has 0 radical (unpaired) electrons. The van der Waals surface area contributed by atoms with E-state index in [4.69, 9.17) is 11.6 Å². The first-order valence-electron chi connectivity index (χ1n) is 9.41. The van der Waals surface area contributed by atoms with Crippen molar-refractivity contribution in [1.82, 2.24) is 24.9 Å². The number of carbonyl (C=O) groups is 1. The standard InChI is InChI=1S/C20H20ClF3N6O/c1-3-15(12-26-18-7-5-14(21)11-25-18)29(2)19(31)16-10-13(20(22,23)24)4-6-17(16)30-9-8-27-28-30/h4-11,15H,3,12H2,1-2H3,(H,25,26). The molecule has 0 bridgehead atoms. The number of alkyl halides is 3. The Bertz CT molecular complexity index is 1020. The number of likely N-dealkylation sites (N-methyl/N-ethyl adjacent to an activating group) is 1. The minimum Gasteiger partial charge on any atom is -0.368 e. The molecule has 2 heterocycles. The zero-order valence-corrected chi connectivity index (χ0v) is 17.5. The Hall–Kier alpha value is -3.14. The summed E-state index contributed by atoms with van der Waals surface area (Å²) in [6.45, 7) is 2.24.